The average molecular weight is 265 g/mol. The molecular weight excluding hydrogens is 242 g/mol. The van der Waals surface area contributed by atoms with E-state index >= 15 is 0 Å². The van der Waals surface area contributed by atoms with E-state index in [1.807, 2.05) is 38.1 Å². The van der Waals surface area contributed by atoms with Crippen molar-refractivity contribution in [2.75, 3.05) is 13.2 Å². The van der Waals surface area contributed by atoms with Gasteiger partial charge in [-0.2, -0.15) is 0 Å². The molecule has 0 fully saturated rings. The summed E-state index contributed by atoms with van der Waals surface area (Å²) in [6.45, 7) is 8.35. The van der Waals surface area contributed by atoms with Gasteiger partial charge in [-0.1, -0.05) is 17.7 Å². The maximum atomic E-state index is 11.0. The second kappa shape index (κ2) is 6.57. The highest BCUT2D eigenvalue weighted by atomic mass is 16.5. The highest BCUT2D eigenvalue weighted by Gasteiger charge is 2.27. The summed E-state index contributed by atoms with van der Waals surface area (Å²) < 4.78 is 5.64. The number of aryl methyl sites for hydroxylation is 1. The molecule has 0 radical (unpaired) electrons. The summed E-state index contributed by atoms with van der Waals surface area (Å²) in [4.78, 5) is 11.0. The minimum absolute atomic E-state index is 0.0972. The Morgan fingerprint density at radius 3 is 2.47 bits per heavy atom. The third-order valence-electron chi connectivity index (χ3n) is 2.99. The van der Waals surface area contributed by atoms with Gasteiger partial charge in [0.05, 0.1) is 5.41 Å². The molecule has 1 rings (SSSR count). The van der Waals surface area contributed by atoms with E-state index in [2.05, 4.69) is 5.32 Å². The van der Waals surface area contributed by atoms with E-state index < -0.39 is 11.4 Å². The van der Waals surface area contributed by atoms with E-state index in [9.17, 15) is 4.79 Å². The Hall–Kier alpha value is -1.55. The molecule has 4 nitrogen and oxygen atoms in total. The molecule has 0 bridgehead atoms. The summed E-state index contributed by atoms with van der Waals surface area (Å²) in [5.74, 6) is 0.0309. The van der Waals surface area contributed by atoms with Crippen LogP contribution in [-0.2, 0) is 4.79 Å². The molecule has 0 aliphatic heterocycles. The third-order valence-corrected chi connectivity index (χ3v) is 2.99. The highest BCUT2D eigenvalue weighted by molar-refractivity contribution is 5.73. The van der Waals surface area contributed by atoms with Crippen molar-refractivity contribution in [2.45, 2.75) is 33.7 Å². The van der Waals surface area contributed by atoms with Crippen molar-refractivity contribution < 1.29 is 14.6 Å². The second-order valence-corrected chi connectivity index (χ2v) is 5.60. The van der Waals surface area contributed by atoms with Crippen LogP contribution in [0.1, 0.15) is 26.3 Å². The van der Waals surface area contributed by atoms with E-state index in [0.717, 1.165) is 5.75 Å². The Balaban J connectivity index is 2.34. The van der Waals surface area contributed by atoms with Crippen LogP contribution in [-0.4, -0.2) is 30.3 Å². The summed E-state index contributed by atoms with van der Waals surface area (Å²) in [6, 6.07) is 7.97. The van der Waals surface area contributed by atoms with E-state index in [-0.39, 0.29) is 6.04 Å². The summed E-state index contributed by atoms with van der Waals surface area (Å²) in [6.07, 6.45) is 0. The Labute approximate surface area is 114 Å². The minimum Gasteiger partial charge on any atom is -0.492 e. The zero-order valence-corrected chi connectivity index (χ0v) is 12.1. The van der Waals surface area contributed by atoms with Crippen molar-refractivity contribution in [3.63, 3.8) is 0 Å². The van der Waals surface area contributed by atoms with Crippen LogP contribution >= 0.6 is 0 Å². The number of carboxylic acid groups (broad SMARTS) is 1. The molecule has 0 aromatic heterocycles. The van der Waals surface area contributed by atoms with Gasteiger partial charge in [-0.05, 0) is 39.8 Å². The van der Waals surface area contributed by atoms with Gasteiger partial charge in [0.15, 0.2) is 0 Å². The topological polar surface area (TPSA) is 58.6 Å². The lowest BCUT2D eigenvalue weighted by molar-refractivity contribution is -0.146. The van der Waals surface area contributed by atoms with Gasteiger partial charge < -0.3 is 15.2 Å². The molecule has 4 heteroatoms. The first-order valence-electron chi connectivity index (χ1n) is 6.47. The van der Waals surface area contributed by atoms with E-state index in [4.69, 9.17) is 9.84 Å². The number of ether oxygens (including phenoxy) is 1. The third kappa shape index (κ3) is 5.30. The number of hydrogen-bond donors (Lipinski definition) is 2. The molecule has 0 amide bonds. The number of rotatable bonds is 7. The molecule has 1 atom stereocenters. The number of carbonyl (C=O) groups is 1. The second-order valence-electron chi connectivity index (χ2n) is 5.60. The number of carboxylic acids is 1. The summed E-state index contributed by atoms with van der Waals surface area (Å²) in [5.41, 5.74) is 0.430. The molecule has 2 N–H and O–H groups in total. The van der Waals surface area contributed by atoms with Gasteiger partial charge in [0.25, 0.3) is 0 Å². The van der Waals surface area contributed by atoms with Crippen molar-refractivity contribution in [2.24, 2.45) is 5.41 Å². The Morgan fingerprint density at radius 2 is 1.95 bits per heavy atom. The summed E-state index contributed by atoms with van der Waals surface area (Å²) >= 11 is 0. The fourth-order valence-electron chi connectivity index (χ4n) is 1.42. The number of aliphatic carboxylic acids is 1. The molecule has 106 valence electrons. The van der Waals surface area contributed by atoms with Gasteiger partial charge in [-0.25, -0.2) is 0 Å². The molecule has 1 unspecified atom stereocenters. The fraction of sp³-hybridized carbons (Fsp3) is 0.533. The molecule has 0 spiro atoms. The Kier molecular flexibility index (Phi) is 5.36. The molecule has 0 saturated carbocycles. The van der Waals surface area contributed by atoms with Crippen molar-refractivity contribution >= 4 is 5.97 Å². The van der Waals surface area contributed by atoms with Crippen LogP contribution in [0.3, 0.4) is 0 Å². The predicted octanol–water partition coefficient (Wildman–Crippen LogP) is 2.46. The van der Waals surface area contributed by atoms with Crippen LogP contribution in [0.2, 0.25) is 0 Å². The molecule has 0 saturated heterocycles. The zero-order chi connectivity index (χ0) is 14.5. The lowest BCUT2D eigenvalue weighted by atomic mass is 9.93. The standard InChI is InChI=1S/C15H23NO3/c1-11-5-7-13(8-6-11)19-9-12(2)16-10-15(3,4)14(17)18/h5-8,12,16H,9-10H2,1-4H3,(H,17,18). The summed E-state index contributed by atoms with van der Waals surface area (Å²) in [7, 11) is 0. The number of benzene rings is 1. The van der Waals surface area contributed by atoms with E-state index in [0.29, 0.717) is 13.2 Å². The van der Waals surface area contributed by atoms with Gasteiger partial charge in [0.1, 0.15) is 12.4 Å². The highest BCUT2D eigenvalue weighted by Crippen LogP contribution is 2.14. The molecular formula is C15H23NO3. The van der Waals surface area contributed by atoms with Crippen molar-refractivity contribution in [1.82, 2.24) is 5.32 Å². The molecule has 19 heavy (non-hydrogen) atoms. The van der Waals surface area contributed by atoms with Crippen LogP contribution in [0.15, 0.2) is 24.3 Å². The molecule has 0 aliphatic carbocycles. The van der Waals surface area contributed by atoms with Crippen LogP contribution in [0.5, 0.6) is 5.75 Å². The lowest BCUT2D eigenvalue weighted by Gasteiger charge is -2.23. The predicted molar refractivity (Wildman–Crippen MR) is 75.6 cm³/mol. The maximum Gasteiger partial charge on any atom is 0.310 e. The Morgan fingerprint density at radius 1 is 1.37 bits per heavy atom. The number of hydrogen-bond acceptors (Lipinski definition) is 3. The van der Waals surface area contributed by atoms with Crippen molar-refractivity contribution in [1.29, 1.82) is 0 Å². The quantitative estimate of drug-likeness (QED) is 0.795. The minimum atomic E-state index is -0.799. The maximum absolute atomic E-state index is 11.0. The van der Waals surface area contributed by atoms with Crippen LogP contribution in [0.4, 0.5) is 0 Å². The first kappa shape index (κ1) is 15.5. The molecule has 1 aromatic carbocycles. The van der Waals surface area contributed by atoms with Gasteiger partial charge in [0, 0.05) is 12.6 Å². The van der Waals surface area contributed by atoms with Crippen LogP contribution in [0.25, 0.3) is 0 Å². The Bertz CT molecular complexity index is 412. The zero-order valence-electron chi connectivity index (χ0n) is 12.1. The largest absolute Gasteiger partial charge is 0.492 e. The fourth-order valence-corrected chi connectivity index (χ4v) is 1.42. The smallest absolute Gasteiger partial charge is 0.310 e. The number of nitrogens with one attached hydrogen (secondary N) is 1. The van der Waals surface area contributed by atoms with E-state index in [1.54, 1.807) is 13.8 Å². The van der Waals surface area contributed by atoms with Gasteiger partial charge in [0.2, 0.25) is 0 Å². The van der Waals surface area contributed by atoms with Crippen LogP contribution < -0.4 is 10.1 Å². The van der Waals surface area contributed by atoms with Crippen LogP contribution in [0, 0.1) is 12.3 Å². The lowest BCUT2D eigenvalue weighted by Crippen LogP contribution is -2.42. The molecule has 1 aromatic rings. The van der Waals surface area contributed by atoms with Gasteiger partial charge >= 0.3 is 5.97 Å². The van der Waals surface area contributed by atoms with Crippen molar-refractivity contribution in [3.05, 3.63) is 29.8 Å². The monoisotopic (exact) mass is 265 g/mol. The van der Waals surface area contributed by atoms with Gasteiger partial charge in [-0.15, -0.1) is 0 Å². The molecule has 0 heterocycles. The summed E-state index contributed by atoms with van der Waals surface area (Å²) in [5, 5.41) is 12.2. The van der Waals surface area contributed by atoms with Crippen molar-refractivity contribution in [3.8, 4) is 5.75 Å². The SMILES string of the molecule is Cc1ccc(OCC(C)NCC(C)(C)C(=O)O)cc1. The normalized spacial score (nSPS) is 13.1. The first-order valence-corrected chi connectivity index (χ1v) is 6.47. The van der Waals surface area contributed by atoms with E-state index in [1.165, 1.54) is 5.56 Å². The first-order chi connectivity index (χ1) is 8.81. The average Bonchev–Trinajstić information content (AvgIpc) is 2.35. The molecule has 0 aliphatic rings. The van der Waals surface area contributed by atoms with Gasteiger partial charge in [-0.3, -0.25) is 4.79 Å².